The predicted molar refractivity (Wildman–Crippen MR) is 76.7 cm³/mol. The van der Waals surface area contributed by atoms with Gasteiger partial charge in [-0.15, -0.1) is 0 Å². The molecule has 1 saturated carbocycles. The maximum Gasteiger partial charge on any atom is 0.0510 e. The van der Waals surface area contributed by atoms with Gasteiger partial charge < -0.3 is 10.1 Å². The van der Waals surface area contributed by atoms with Gasteiger partial charge in [0.15, 0.2) is 0 Å². The molecule has 0 amide bonds. The molecule has 0 aromatic rings. The fraction of sp³-hybridized carbons (Fsp3) is 1.00. The standard InChI is InChI=1S/C16H31NO/c1-3-5-13-6-8-14(9-7-13)16(17-4-2)15-10-11-18-12-15/h13-17H,3-12H2,1-2H3. The van der Waals surface area contributed by atoms with Crippen LogP contribution in [0.1, 0.15) is 58.8 Å². The molecule has 0 bridgehead atoms. The first-order chi connectivity index (χ1) is 8.85. The topological polar surface area (TPSA) is 21.3 Å². The van der Waals surface area contributed by atoms with Crippen molar-refractivity contribution in [3.8, 4) is 0 Å². The molecule has 0 spiro atoms. The van der Waals surface area contributed by atoms with Gasteiger partial charge in [0.1, 0.15) is 0 Å². The second-order valence-corrected chi connectivity index (χ2v) is 6.28. The summed E-state index contributed by atoms with van der Waals surface area (Å²) in [5, 5.41) is 3.76. The minimum atomic E-state index is 0.722. The van der Waals surface area contributed by atoms with Crippen molar-refractivity contribution in [1.82, 2.24) is 5.32 Å². The monoisotopic (exact) mass is 253 g/mol. The summed E-state index contributed by atoms with van der Waals surface area (Å²) in [6.45, 7) is 7.65. The number of nitrogens with one attached hydrogen (secondary N) is 1. The Balaban J connectivity index is 1.83. The van der Waals surface area contributed by atoms with E-state index in [0.717, 1.165) is 43.6 Å². The van der Waals surface area contributed by atoms with Crippen molar-refractivity contribution in [2.75, 3.05) is 19.8 Å². The number of hydrogen-bond donors (Lipinski definition) is 1. The van der Waals surface area contributed by atoms with Crippen LogP contribution in [0.4, 0.5) is 0 Å². The summed E-state index contributed by atoms with van der Waals surface area (Å²) in [7, 11) is 0. The van der Waals surface area contributed by atoms with Crippen LogP contribution in [0, 0.1) is 17.8 Å². The molecule has 1 heterocycles. The van der Waals surface area contributed by atoms with Gasteiger partial charge in [-0.1, -0.05) is 39.5 Å². The maximum absolute atomic E-state index is 5.59. The molecule has 1 aliphatic heterocycles. The van der Waals surface area contributed by atoms with Gasteiger partial charge in [0.2, 0.25) is 0 Å². The molecule has 2 unspecified atom stereocenters. The molecule has 2 atom stereocenters. The molecule has 2 nitrogen and oxygen atoms in total. The summed E-state index contributed by atoms with van der Waals surface area (Å²) in [6.07, 6.45) is 9.90. The van der Waals surface area contributed by atoms with Crippen molar-refractivity contribution in [2.45, 2.75) is 64.8 Å². The van der Waals surface area contributed by atoms with Crippen LogP contribution in [0.2, 0.25) is 0 Å². The summed E-state index contributed by atoms with van der Waals surface area (Å²) in [5.74, 6) is 2.70. The van der Waals surface area contributed by atoms with E-state index in [0.29, 0.717) is 0 Å². The van der Waals surface area contributed by atoms with Crippen LogP contribution >= 0.6 is 0 Å². The van der Waals surface area contributed by atoms with Gasteiger partial charge in [0.05, 0.1) is 6.61 Å². The lowest BCUT2D eigenvalue weighted by atomic mass is 9.74. The Bertz CT molecular complexity index is 217. The summed E-state index contributed by atoms with van der Waals surface area (Å²) in [6, 6.07) is 0.722. The van der Waals surface area contributed by atoms with Crippen molar-refractivity contribution in [2.24, 2.45) is 17.8 Å². The molecule has 0 aromatic heterocycles. The van der Waals surface area contributed by atoms with Gasteiger partial charge in [-0.25, -0.2) is 0 Å². The van der Waals surface area contributed by atoms with E-state index in [4.69, 9.17) is 4.74 Å². The van der Waals surface area contributed by atoms with E-state index in [1.165, 1.54) is 44.9 Å². The second kappa shape index (κ2) is 7.49. The normalized spacial score (nSPS) is 34.7. The molecule has 2 aliphatic rings. The molecule has 106 valence electrons. The van der Waals surface area contributed by atoms with Crippen molar-refractivity contribution < 1.29 is 4.74 Å². The molecule has 2 heteroatoms. The number of ether oxygens (including phenoxy) is 1. The Morgan fingerprint density at radius 3 is 2.39 bits per heavy atom. The third-order valence-corrected chi connectivity index (χ3v) is 5.01. The molecule has 18 heavy (non-hydrogen) atoms. The van der Waals surface area contributed by atoms with Crippen LogP contribution in [-0.4, -0.2) is 25.8 Å². The van der Waals surface area contributed by atoms with Gasteiger partial charge in [-0.2, -0.15) is 0 Å². The van der Waals surface area contributed by atoms with Gasteiger partial charge in [0.25, 0.3) is 0 Å². The van der Waals surface area contributed by atoms with E-state index in [1.54, 1.807) is 0 Å². The van der Waals surface area contributed by atoms with Crippen LogP contribution in [0.3, 0.4) is 0 Å². The fourth-order valence-electron chi connectivity index (χ4n) is 4.03. The van der Waals surface area contributed by atoms with E-state index < -0.39 is 0 Å². The van der Waals surface area contributed by atoms with E-state index in [1.807, 2.05) is 0 Å². The lowest BCUT2D eigenvalue weighted by molar-refractivity contribution is 0.143. The van der Waals surface area contributed by atoms with Crippen molar-refractivity contribution in [3.05, 3.63) is 0 Å². The quantitative estimate of drug-likeness (QED) is 0.781. The van der Waals surface area contributed by atoms with Gasteiger partial charge in [-0.05, 0) is 37.6 Å². The molecular weight excluding hydrogens is 222 g/mol. The minimum Gasteiger partial charge on any atom is -0.381 e. The Labute approximate surface area is 113 Å². The first-order valence-electron chi connectivity index (χ1n) is 8.16. The molecule has 2 rings (SSSR count). The van der Waals surface area contributed by atoms with Crippen LogP contribution in [0.5, 0.6) is 0 Å². The average Bonchev–Trinajstić information content (AvgIpc) is 2.91. The van der Waals surface area contributed by atoms with E-state index in [-0.39, 0.29) is 0 Å². The molecule has 2 fully saturated rings. The molecular formula is C16H31NO. The van der Waals surface area contributed by atoms with Gasteiger partial charge in [-0.3, -0.25) is 0 Å². The zero-order chi connectivity index (χ0) is 12.8. The lowest BCUT2D eigenvalue weighted by Gasteiger charge is -2.37. The SMILES string of the molecule is CCCC1CCC(C(NCC)C2CCOC2)CC1. The molecule has 0 aromatic carbocycles. The Morgan fingerprint density at radius 1 is 1.06 bits per heavy atom. The summed E-state index contributed by atoms with van der Waals surface area (Å²) in [4.78, 5) is 0. The largest absolute Gasteiger partial charge is 0.381 e. The highest BCUT2D eigenvalue weighted by atomic mass is 16.5. The third-order valence-electron chi connectivity index (χ3n) is 5.01. The zero-order valence-electron chi connectivity index (χ0n) is 12.3. The van der Waals surface area contributed by atoms with Gasteiger partial charge >= 0.3 is 0 Å². The summed E-state index contributed by atoms with van der Waals surface area (Å²) in [5.41, 5.74) is 0. The molecule has 0 radical (unpaired) electrons. The maximum atomic E-state index is 5.59. The smallest absolute Gasteiger partial charge is 0.0510 e. The van der Waals surface area contributed by atoms with Crippen LogP contribution in [0.25, 0.3) is 0 Å². The fourth-order valence-corrected chi connectivity index (χ4v) is 4.03. The van der Waals surface area contributed by atoms with Crippen LogP contribution in [0.15, 0.2) is 0 Å². The van der Waals surface area contributed by atoms with Crippen molar-refractivity contribution in [1.29, 1.82) is 0 Å². The zero-order valence-corrected chi connectivity index (χ0v) is 12.3. The summed E-state index contributed by atoms with van der Waals surface area (Å²) < 4.78 is 5.59. The highest BCUT2D eigenvalue weighted by molar-refractivity contribution is 4.88. The lowest BCUT2D eigenvalue weighted by Crippen LogP contribution is -2.44. The molecule has 1 N–H and O–H groups in total. The third kappa shape index (κ3) is 3.71. The Morgan fingerprint density at radius 2 is 1.83 bits per heavy atom. The van der Waals surface area contributed by atoms with Crippen molar-refractivity contribution in [3.63, 3.8) is 0 Å². The Hall–Kier alpha value is -0.0800. The first-order valence-corrected chi connectivity index (χ1v) is 8.16. The average molecular weight is 253 g/mol. The molecule has 1 saturated heterocycles. The predicted octanol–water partition coefficient (Wildman–Crippen LogP) is 3.61. The highest BCUT2D eigenvalue weighted by Gasteiger charge is 2.33. The van der Waals surface area contributed by atoms with E-state index in [9.17, 15) is 0 Å². The number of rotatable bonds is 6. The summed E-state index contributed by atoms with van der Waals surface area (Å²) >= 11 is 0. The van der Waals surface area contributed by atoms with Gasteiger partial charge in [0, 0.05) is 18.6 Å². The second-order valence-electron chi connectivity index (χ2n) is 6.28. The number of hydrogen-bond acceptors (Lipinski definition) is 2. The van der Waals surface area contributed by atoms with E-state index in [2.05, 4.69) is 19.2 Å². The minimum absolute atomic E-state index is 0.722. The first kappa shape index (κ1) is 14.3. The van der Waals surface area contributed by atoms with E-state index >= 15 is 0 Å². The van der Waals surface area contributed by atoms with Crippen molar-refractivity contribution >= 4 is 0 Å². The van der Waals surface area contributed by atoms with Crippen LogP contribution in [-0.2, 0) is 4.74 Å². The molecule has 1 aliphatic carbocycles. The Kier molecular flexibility index (Phi) is 5.97. The highest BCUT2D eigenvalue weighted by Crippen LogP contribution is 2.36. The van der Waals surface area contributed by atoms with Crippen LogP contribution < -0.4 is 5.32 Å².